The Bertz CT molecular complexity index is 1000. The lowest BCUT2D eigenvalue weighted by atomic mass is 10.1. The molecule has 0 saturated carbocycles. The zero-order chi connectivity index (χ0) is 18.1. The molecule has 1 aliphatic rings. The average Bonchev–Trinajstić information content (AvgIpc) is 3.11. The zero-order valence-corrected chi connectivity index (χ0v) is 15.2. The average molecular weight is 385 g/mol. The lowest BCUT2D eigenvalue weighted by Gasteiger charge is -2.23. The molecule has 130 valence electrons. The van der Waals surface area contributed by atoms with Crippen molar-refractivity contribution in [3.63, 3.8) is 0 Å². The Balaban J connectivity index is 1.75. The Morgan fingerprint density at radius 3 is 2.77 bits per heavy atom. The molecule has 0 bridgehead atoms. The molecule has 4 rings (SSSR count). The van der Waals surface area contributed by atoms with Crippen LogP contribution in [0.3, 0.4) is 0 Å². The van der Waals surface area contributed by atoms with Crippen LogP contribution in [0.5, 0.6) is 0 Å². The molecule has 0 unspecified atom stereocenters. The third kappa shape index (κ3) is 3.28. The largest absolute Gasteiger partial charge is 0.305 e. The van der Waals surface area contributed by atoms with Gasteiger partial charge >= 0.3 is 0 Å². The first-order valence-corrected chi connectivity index (χ1v) is 9.32. The van der Waals surface area contributed by atoms with Crippen molar-refractivity contribution in [1.29, 1.82) is 0 Å². The van der Waals surface area contributed by atoms with E-state index in [4.69, 9.17) is 16.6 Å². The molecule has 1 amide bonds. The molecule has 2 aromatic carbocycles. The number of nitrogens with zero attached hydrogens (tertiary/aromatic N) is 2. The summed E-state index contributed by atoms with van der Waals surface area (Å²) in [5.41, 5.74) is 2.91. The van der Waals surface area contributed by atoms with Crippen molar-refractivity contribution in [3.05, 3.63) is 81.3 Å². The van der Waals surface area contributed by atoms with Crippen LogP contribution in [0.25, 0.3) is 0 Å². The number of para-hydroxylation sites is 2. The molecule has 0 spiro atoms. The second kappa shape index (κ2) is 7.02. The molecule has 0 aliphatic carbocycles. The van der Waals surface area contributed by atoms with Crippen LogP contribution >= 0.6 is 22.9 Å². The van der Waals surface area contributed by atoms with Crippen molar-refractivity contribution in [2.45, 2.75) is 13.0 Å². The summed E-state index contributed by atoms with van der Waals surface area (Å²) < 4.78 is 13.3. The highest BCUT2D eigenvalue weighted by atomic mass is 35.5. The monoisotopic (exact) mass is 384 g/mol. The summed E-state index contributed by atoms with van der Waals surface area (Å²) in [6, 6.07) is 15.7. The summed E-state index contributed by atoms with van der Waals surface area (Å²) in [7, 11) is 0. The summed E-state index contributed by atoms with van der Waals surface area (Å²) in [6.45, 7) is 0.266. The van der Waals surface area contributed by atoms with Crippen LogP contribution < -0.4 is 4.90 Å². The minimum absolute atomic E-state index is 0.0671. The standard InChI is InChI=1S/C20H14ClFN2OS/c21-15-10-14(22)8-7-13(15)12-24-18-5-2-1-4-16(18)23-17(11-20(24)25)19-6-3-9-26-19/h1-10H,11-12H2. The fourth-order valence-electron chi connectivity index (χ4n) is 2.92. The maximum atomic E-state index is 13.3. The van der Waals surface area contributed by atoms with Gasteiger partial charge in [-0.2, -0.15) is 0 Å². The Labute approximate surface area is 159 Å². The SMILES string of the molecule is O=C1CC(c2cccs2)=Nc2ccccc2N1Cc1ccc(F)cc1Cl. The van der Waals surface area contributed by atoms with Gasteiger partial charge in [0.25, 0.3) is 0 Å². The fraction of sp³-hybridized carbons (Fsp3) is 0.100. The normalized spacial score (nSPS) is 14.0. The molecule has 0 radical (unpaired) electrons. The minimum Gasteiger partial charge on any atom is -0.305 e. The van der Waals surface area contributed by atoms with Gasteiger partial charge < -0.3 is 4.90 Å². The van der Waals surface area contributed by atoms with Gasteiger partial charge in [0.05, 0.1) is 30.1 Å². The number of amides is 1. The molecule has 26 heavy (non-hydrogen) atoms. The summed E-state index contributed by atoms with van der Waals surface area (Å²) in [5, 5.41) is 2.27. The number of fused-ring (bicyclic) bond motifs is 1. The predicted molar refractivity (Wildman–Crippen MR) is 104 cm³/mol. The van der Waals surface area contributed by atoms with E-state index in [1.807, 2.05) is 41.8 Å². The van der Waals surface area contributed by atoms with Crippen molar-refractivity contribution < 1.29 is 9.18 Å². The molecule has 0 fully saturated rings. The second-order valence-corrected chi connectivity index (χ2v) is 7.27. The first-order chi connectivity index (χ1) is 12.6. The first-order valence-electron chi connectivity index (χ1n) is 8.06. The molecule has 3 aromatic rings. The number of hydrogen-bond acceptors (Lipinski definition) is 3. The topological polar surface area (TPSA) is 32.7 Å². The summed E-state index contributed by atoms with van der Waals surface area (Å²) in [6.07, 6.45) is 0.202. The lowest BCUT2D eigenvalue weighted by molar-refractivity contribution is -0.117. The van der Waals surface area contributed by atoms with E-state index in [0.717, 1.165) is 22.0 Å². The van der Waals surface area contributed by atoms with Gasteiger partial charge in [-0.3, -0.25) is 4.79 Å². The molecule has 1 aliphatic heterocycles. The lowest BCUT2D eigenvalue weighted by Crippen LogP contribution is -2.31. The highest BCUT2D eigenvalue weighted by molar-refractivity contribution is 7.12. The van der Waals surface area contributed by atoms with E-state index in [-0.39, 0.29) is 18.9 Å². The number of hydrogen-bond donors (Lipinski definition) is 0. The van der Waals surface area contributed by atoms with E-state index in [1.54, 1.807) is 22.3 Å². The van der Waals surface area contributed by atoms with E-state index in [0.29, 0.717) is 10.6 Å². The molecule has 0 saturated heterocycles. The van der Waals surface area contributed by atoms with Gasteiger partial charge in [0.15, 0.2) is 0 Å². The van der Waals surface area contributed by atoms with Crippen molar-refractivity contribution in [3.8, 4) is 0 Å². The maximum absolute atomic E-state index is 13.3. The van der Waals surface area contributed by atoms with Crippen molar-refractivity contribution >= 4 is 45.9 Å². The number of thiophene rings is 1. The van der Waals surface area contributed by atoms with Crippen LogP contribution in [0.1, 0.15) is 16.9 Å². The number of halogens is 2. The molecule has 1 aromatic heterocycles. The van der Waals surface area contributed by atoms with Crippen LogP contribution in [0.2, 0.25) is 5.02 Å². The van der Waals surface area contributed by atoms with Gasteiger partial charge in [-0.05, 0) is 41.3 Å². The molecule has 6 heteroatoms. The van der Waals surface area contributed by atoms with E-state index in [9.17, 15) is 9.18 Å². The second-order valence-electron chi connectivity index (χ2n) is 5.92. The van der Waals surface area contributed by atoms with Gasteiger partial charge in [-0.25, -0.2) is 9.38 Å². The van der Waals surface area contributed by atoms with Gasteiger partial charge in [0.1, 0.15) is 5.82 Å². The number of carbonyl (C=O) groups is 1. The smallest absolute Gasteiger partial charge is 0.233 e. The minimum atomic E-state index is -0.398. The van der Waals surface area contributed by atoms with Crippen LogP contribution in [-0.4, -0.2) is 11.6 Å². The highest BCUT2D eigenvalue weighted by Gasteiger charge is 2.25. The highest BCUT2D eigenvalue weighted by Crippen LogP contribution is 2.35. The molecule has 0 atom stereocenters. The van der Waals surface area contributed by atoms with Crippen LogP contribution in [0, 0.1) is 5.82 Å². The van der Waals surface area contributed by atoms with E-state index in [1.165, 1.54) is 12.1 Å². The number of anilines is 1. The van der Waals surface area contributed by atoms with E-state index >= 15 is 0 Å². The quantitative estimate of drug-likeness (QED) is 0.578. The number of carbonyl (C=O) groups excluding carboxylic acids is 1. The van der Waals surface area contributed by atoms with Crippen LogP contribution in [-0.2, 0) is 11.3 Å². The van der Waals surface area contributed by atoms with Crippen LogP contribution in [0.4, 0.5) is 15.8 Å². The van der Waals surface area contributed by atoms with Crippen molar-refractivity contribution in [2.24, 2.45) is 4.99 Å². The summed E-state index contributed by atoms with van der Waals surface area (Å²) in [4.78, 5) is 20.4. The Morgan fingerprint density at radius 1 is 1.15 bits per heavy atom. The fourth-order valence-corrected chi connectivity index (χ4v) is 3.87. The Kier molecular flexibility index (Phi) is 4.57. The zero-order valence-electron chi connectivity index (χ0n) is 13.7. The molecular formula is C20H14ClFN2OS. The van der Waals surface area contributed by atoms with Gasteiger partial charge in [-0.15, -0.1) is 11.3 Å². The number of rotatable bonds is 3. The van der Waals surface area contributed by atoms with Gasteiger partial charge in [0, 0.05) is 9.90 Å². The maximum Gasteiger partial charge on any atom is 0.233 e. The molecule has 3 nitrogen and oxygen atoms in total. The molecule has 2 heterocycles. The third-order valence-corrected chi connectivity index (χ3v) is 5.47. The summed E-state index contributed by atoms with van der Waals surface area (Å²) >= 11 is 7.73. The number of aliphatic imine (C=N–C) groups is 1. The van der Waals surface area contributed by atoms with Crippen molar-refractivity contribution in [2.75, 3.05) is 4.90 Å². The van der Waals surface area contributed by atoms with Crippen molar-refractivity contribution in [1.82, 2.24) is 0 Å². The Hall–Kier alpha value is -2.50. The summed E-state index contributed by atoms with van der Waals surface area (Å²) in [5.74, 6) is -0.466. The van der Waals surface area contributed by atoms with Crippen LogP contribution in [0.15, 0.2) is 65.0 Å². The van der Waals surface area contributed by atoms with Gasteiger partial charge in [0.2, 0.25) is 5.91 Å². The predicted octanol–water partition coefficient (Wildman–Crippen LogP) is 5.60. The van der Waals surface area contributed by atoms with Gasteiger partial charge in [-0.1, -0.05) is 35.9 Å². The van der Waals surface area contributed by atoms with E-state index < -0.39 is 5.82 Å². The Morgan fingerprint density at radius 2 is 2.00 bits per heavy atom. The first kappa shape index (κ1) is 16.9. The molecule has 0 N–H and O–H groups in total. The molecular weight excluding hydrogens is 371 g/mol. The van der Waals surface area contributed by atoms with E-state index in [2.05, 4.69) is 0 Å². The third-order valence-electron chi connectivity index (χ3n) is 4.20. The number of benzene rings is 2.